The van der Waals surface area contributed by atoms with Crippen LogP contribution in [0.15, 0.2) is 42.5 Å². The molecule has 4 amide bonds. The van der Waals surface area contributed by atoms with E-state index in [1.54, 1.807) is 32.6 Å². The number of esters is 1. The number of hydrogen-bond acceptors (Lipinski definition) is 8. The quantitative estimate of drug-likeness (QED) is 0.277. The summed E-state index contributed by atoms with van der Waals surface area (Å²) in [6.07, 6.45) is 6.80. The van der Waals surface area contributed by atoms with Gasteiger partial charge in [0, 0.05) is 37.4 Å². The number of hydrogen-bond donors (Lipinski definition) is 2. The molecule has 0 unspecified atom stereocenters. The third kappa shape index (κ3) is 8.08. The average Bonchev–Trinajstić information content (AvgIpc) is 3.36. The van der Waals surface area contributed by atoms with Crippen molar-refractivity contribution in [2.24, 2.45) is 17.8 Å². The van der Waals surface area contributed by atoms with E-state index < -0.39 is 53.2 Å². The van der Waals surface area contributed by atoms with Gasteiger partial charge in [-0.25, -0.2) is 14.4 Å². The van der Waals surface area contributed by atoms with Crippen LogP contribution in [-0.4, -0.2) is 89.2 Å². The number of benzene rings is 1. The lowest BCUT2D eigenvalue weighted by atomic mass is 9.93. The summed E-state index contributed by atoms with van der Waals surface area (Å²) in [4.78, 5) is 70.9. The molecule has 3 aliphatic heterocycles. The van der Waals surface area contributed by atoms with Gasteiger partial charge in [-0.2, -0.15) is 0 Å². The number of allylic oxidation sites excluding steroid dienone is 1. The topological polar surface area (TPSA) is 144 Å². The van der Waals surface area contributed by atoms with Crippen LogP contribution in [0.1, 0.15) is 71.8 Å². The van der Waals surface area contributed by atoms with Crippen molar-refractivity contribution >= 4 is 30.0 Å². The minimum Gasteiger partial charge on any atom is -0.464 e. The zero-order chi connectivity index (χ0) is 33.8. The van der Waals surface area contributed by atoms with E-state index in [9.17, 15) is 24.0 Å². The molecule has 2 saturated heterocycles. The Kier molecular flexibility index (Phi) is 10.5. The predicted octanol–water partition coefficient (Wildman–Crippen LogP) is 3.93. The fraction of sp³-hybridized carbons (Fsp3) is 0.629. The van der Waals surface area contributed by atoms with Gasteiger partial charge in [0.2, 0.25) is 11.8 Å². The van der Waals surface area contributed by atoms with E-state index in [2.05, 4.69) is 10.6 Å². The van der Waals surface area contributed by atoms with Crippen molar-refractivity contribution < 1.29 is 38.2 Å². The monoisotopic (exact) mass is 652 g/mol. The third-order valence-corrected chi connectivity index (χ3v) is 9.40. The maximum atomic E-state index is 14.3. The standard InChI is InChI=1S/C35H48N4O8/c1-5-45-31(42)35-18-25(35)16-12-7-6-8-13-17-27(36-32(43)47-34(2,3)4)30(41)39-20-24-19-38(21-26(24)28(39)29(40)37-35)33(44)46-22-23-14-10-9-11-15-23/h9-12,14-16,24-28H,5-8,13,17-22H2,1-4H3,(H,36,43)(H,37,40)/b16-12-/t24-,25+,26-,27-,28-,35+/m0/s1. The van der Waals surface area contributed by atoms with E-state index in [0.717, 1.165) is 24.8 Å². The van der Waals surface area contributed by atoms with Crippen LogP contribution in [0.2, 0.25) is 0 Å². The second kappa shape index (κ2) is 14.4. The van der Waals surface area contributed by atoms with Gasteiger partial charge in [0.1, 0.15) is 29.8 Å². The maximum Gasteiger partial charge on any atom is 0.410 e. The summed E-state index contributed by atoms with van der Waals surface area (Å²) in [5.74, 6) is -2.16. The number of carbonyl (C=O) groups excluding carboxylic acids is 5. The zero-order valence-electron chi connectivity index (χ0n) is 27.9. The van der Waals surface area contributed by atoms with E-state index in [1.165, 1.54) is 4.90 Å². The first kappa shape index (κ1) is 34.3. The van der Waals surface area contributed by atoms with E-state index in [-0.39, 0.29) is 44.0 Å². The lowest BCUT2D eigenvalue weighted by Crippen LogP contribution is -2.58. The number of nitrogens with one attached hydrogen (secondary N) is 2. The van der Waals surface area contributed by atoms with Crippen molar-refractivity contribution in [3.05, 3.63) is 48.0 Å². The zero-order valence-corrected chi connectivity index (χ0v) is 27.9. The van der Waals surface area contributed by atoms with Crippen LogP contribution in [0.5, 0.6) is 0 Å². The van der Waals surface area contributed by atoms with Crippen LogP contribution in [0.25, 0.3) is 0 Å². The number of rotatable bonds is 5. The number of carbonyl (C=O) groups is 5. The number of ether oxygens (including phenoxy) is 3. The third-order valence-electron chi connectivity index (χ3n) is 9.40. The predicted molar refractivity (Wildman–Crippen MR) is 172 cm³/mol. The fourth-order valence-corrected chi connectivity index (χ4v) is 7.03. The van der Waals surface area contributed by atoms with Crippen LogP contribution in [0, 0.1) is 17.8 Å². The summed E-state index contributed by atoms with van der Waals surface area (Å²) < 4.78 is 16.5. The highest BCUT2D eigenvalue weighted by atomic mass is 16.6. The largest absolute Gasteiger partial charge is 0.464 e. The number of likely N-dealkylation sites (tertiary alicyclic amines) is 1. The van der Waals surface area contributed by atoms with Gasteiger partial charge in [-0.1, -0.05) is 55.3 Å². The maximum absolute atomic E-state index is 14.3. The van der Waals surface area contributed by atoms with Crippen molar-refractivity contribution in [2.75, 3.05) is 26.2 Å². The highest BCUT2D eigenvalue weighted by Crippen LogP contribution is 2.47. The van der Waals surface area contributed by atoms with Gasteiger partial charge in [-0.3, -0.25) is 9.59 Å². The van der Waals surface area contributed by atoms with E-state index in [1.807, 2.05) is 42.5 Å². The molecule has 2 N–H and O–H groups in total. The molecule has 256 valence electrons. The van der Waals surface area contributed by atoms with E-state index in [4.69, 9.17) is 14.2 Å². The number of alkyl carbamates (subject to hydrolysis) is 1. The van der Waals surface area contributed by atoms with Crippen molar-refractivity contribution in [2.45, 2.75) is 96.1 Å². The van der Waals surface area contributed by atoms with Gasteiger partial charge in [0.15, 0.2) is 0 Å². The molecule has 3 heterocycles. The van der Waals surface area contributed by atoms with Gasteiger partial charge in [0.25, 0.3) is 0 Å². The Morgan fingerprint density at radius 3 is 2.51 bits per heavy atom. The van der Waals surface area contributed by atoms with Gasteiger partial charge in [-0.05, 0) is 58.9 Å². The molecule has 12 nitrogen and oxygen atoms in total. The molecule has 0 spiro atoms. The lowest BCUT2D eigenvalue weighted by Gasteiger charge is -2.33. The molecule has 12 heteroatoms. The van der Waals surface area contributed by atoms with Gasteiger partial charge in [0.05, 0.1) is 6.61 Å². The fourth-order valence-electron chi connectivity index (χ4n) is 7.03. The van der Waals surface area contributed by atoms with Crippen molar-refractivity contribution in [1.29, 1.82) is 0 Å². The van der Waals surface area contributed by atoms with Crippen molar-refractivity contribution in [3.8, 4) is 0 Å². The highest BCUT2D eigenvalue weighted by molar-refractivity contribution is 5.97. The van der Waals surface area contributed by atoms with Crippen LogP contribution >= 0.6 is 0 Å². The van der Waals surface area contributed by atoms with Crippen LogP contribution in [-0.2, 0) is 35.2 Å². The van der Waals surface area contributed by atoms with Crippen molar-refractivity contribution in [3.63, 3.8) is 0 Å². The Morgan fingerprint density at radius 2 is 1.79 bits per heavy atom. The molecule has 0 radical (unpaired) electrons. The molecule has 1 aromatic carbocycles. The summed E-state index contributed by atoms with van der Waals surface area (Å²) in [7, 11) is 0. The second-order valence-corrected chi connectivity index (χ2v) is 14.1. The molecule has 1 aromatic rings. The normalized spacial score (nSPS) is 30.0. The molecule has 3 fully saturated rings. The molecule has 1 saturated carbocycles. The summed E-state index contributed by atoms with van der Waals surface area (Å²) in [5, 5.41) is 5.77. The Balaban J connectivity index is 1.40. The molecule has 0 bridgehead atoms. The van der Waals surface area contributed by atoms with Gasteiger partial charge in [-0.15, -0.1) is 0 Å². The smallest absolute Gasteiger partial charge is 0.410 e. The molecule has 5 rings (SSSR count). The Labute approximate surface area is 276 Å². The highest BCUT2D eigenvalue weighted by Gasteiger charge is 2.63. The molecule has 1 aliphatic carbocycles. The first-order chi connectivity index (χ1) is 22.4. The molecular weight excluding hydrogens is 604 g/mol. The Morgan fingerprint density at radius 1 is 1.02 bits per heavy atom. The van der Waals surface area contributed by atoms with Gasteiger partial charge < -0.3 is 34.6 Å². The summed E-state index contributed by atoms with van der Waals surface area (Å²) in [6, 6.07) is 7.51. The summed E-state index contributed by atoms with van der Waals surface area (Å²) in [5.41, 5.74) is -1.11. The Bertz CT molecular complexity index is 1360. The second-order valence-electron chi connectivity index (χ2n) is 14.1. The first-order valence-electron chi connectivity index (χ1n) is 16.8. The van der Waals surface area contributed by atoms with Gasteiger partial charge >= 0.3 is 18.2 Å². The van der Waals surface area contributed by atoms with Crippen LogP contribution in [0.3, 0.4) is 0 Å². The Hall–Kier alpha value is -4.09. The number of amides is 4. The number of fused-ring (bicyclic) bond motifs is 4. The summed E-state index contributed by atoms with van der Waals surface area (Å²) >= 11 is 0. The lowest BCUT2D eigenvalue weighted by molar-refractivity contribution is -0.150. The van der Waals surface area contributed by atoms with Crippen LogP contribution < -0.4 is 10.6 Å². The SMILES string of the molecule is CCOC(=O)[C@@]12C[C@H]1/C=C\CCCCC[C@H](NC(=O)OC(C)(C)C)C(=O)N1C[C@@H]3CN(C(=O)OCc4ccccc4)C[C@@H]3[C@H]1C(=O)N2. The van der Waals surface area contributed by atoms with Crippen molar-refractivity contribution in [1.82, 2.24) is 20.4 Å². The minimum atomic E-state index is -1.21. The molecule has 0 aromatic heterocycles. The molecule has 47 heavy (non-hydrogen) atoms. The first-order valence-corrected chi connectivity index (χ1v) is 16.8. The average molecular weight is 653 g/mol. The summed E-state index contributed by atoms with van der Waals surface area (Å²) in [6.45, 7) is 8.00. The molecule has 6 atom stereocenters. The van der Waals surface area contributed by atoms with Crippen LogP contribution in [0.4, 0.5) is 9.59 Å². The van der Waals surface area contributed by atoms with E-state index in [0.29, 0.717) is 25.8 Å². The van der Waals surface area contributed by atoms with E-state index >= 15 is 0 Å². The minimum absolute atomic E-state index is 0.120. The molecule has 4 aliphatic rings. The number of nitrogens with zero attached hydrogens (tertiary/aromatic N) is 2. The molecular formula is C35H48N4O8.